The third-order valence-electron chi connectivity index (χ3n) is 3.43. The second-order valence-corrected chi connectivity index (χ2v) is 4.89. The lowest BCUT2D eigenvalue weighted by Crippen LogP contribution is -2.50. The number of carbonyl (C=O) groups is 2. The second kappa shape index (κ2) is 7.58. The van der Waals surface area contributed by atoms with Gasteiger partial charge < -0.3 is 4.74 Å². The minimum absolute atomic E-state index is 0.152. The number of rotatable bonds is 5. The average molecular weight is 292 g/mol. The van der Waals surface area contributed by atoms with E-state index in [1.54, 1.807) is 18.3 Å². The molecule has 21 heavy (non-hydrogen) atoms. The minimum Gasteiger partial charge on any atom is -0.468 e. The molecule has 7 nitrogen and oxygen atoms in total. The number of nitrogens with one attached hydrogen (secondary N) is 2. The molecule has 1 fully saturated rings. The van der Waals surface area contributed by atoms with Crippen LogP contribution in [0.2, 0.25) is 0 Å². The predicted octanol–water partition coefficient (Wildman–Crippen LogP) is 0.552. The molecule has 2 heterocycles. The molecule has 1 aromatic heterocycles. The Bertz CT molecular complexity index is 480. The van der Waals surface area contributed by atoms with Gasteiger partial charge in [-0.2, -0.15) is 0 Å². The van der Waals surface area contributed by atoms with Crippen molar-refractivity contribution in [1.29, 1.82) is 0 Å². The van der Waals surface area contributed by atoms with E-state index in [9.17, 15) is 9.59 Å². The van der Waals surface area contributed by atoms with Gasteiger partial charge in [-0.3, -0.25) is 25.3 Å². The number of hydrogen-bond acceptors (Lipinski definition) is 6. The van der Waals surface area contributed by atoms with Crippen molar-refractivity contribution in [3.05, 3.63) is 24.4 Å². The van der Waals surface area contributed by atoms with Gasteiger partial charge in [0, 0.05) is 6.20 Å². The zero-order valence-corrected chi connectivity index (χ0v) is 12.0. The summed E-state index contributed by atoms with van der Waals surface area (Å²) < 4.78 is 4.79. The van der Waals surface area contributed by atoms with Gasteiger partial charge in [0.1, 0.15) is 11.9 Å². The number of nitrogens with zero attached hydrogens (tertiary/aromatic N) is 2. The Labute approximate surface area is 123 Å². The smallest absolute Gasteiger partial charge is 0.323 e. The molecular formula is C14H20N4O3. The third-order valence-corrected chi connectivity index (χ3v) is 3.43. The highest BCUT2D eigenvalue weighted by molar-refractivity contribution is 5.81. The van der Waals surface area contributed by atoms with Crippen LogP contribution in [-0.4, -0.2) is 48.0 Å². The molecule has 1 aliphatic rings. The van der Waals surface area contributed by atoms with Crippen molar-refractivity contribution in [1.82, 2.24) is 15.3 Å². The number of hydrazine groups is 1. The number of methoxy groups -OCH3 is 1. The fraction of sp³-hybridized carbons (Fsp3) is 0.500. The Morgan fingerprint density at radius 2 is 2.29 bits per heavy atom. The van der Waals surface area contributed by atoms with E-state index in [0.717, 1.165) is 25.8 Å². The number of pyridine rings is 1. The highest BCUT2D eigenvalue weighted by Gasteiger charge is 2.30. The molecule has 1 aliphatic heterocycles. The number of amides is 1. The van der Waals surface area contributed by atoms with Gasteiger partial charge >= 0.3 is 5.97 Å². The largest absolute Gasteiger partial charge is 0.468 e. The summed E-state index contributed by atoms with van der Waals surface area (Å²) in [6.07, 6.45) is 4.32. The van der Waals surface area contributed by atoms with Crippen LogP contribution in [0.1, 0.15) is 19.3 Å². The first-order valence-corrected chi connectivity index (χ1v) is 6.98. The lowest BCUT2D eigenvalue weighted by molar-refractivity contribution is -0.148. The quantitative estimate of drug-likeness (QED) is 0.609. The lowest BCUT2D eigenvalue weighted by atomic mass is 10.0. The van der Waals surface area contributed by atoms with Crippen LogP contribution in [0.3, 0.4) is 0 Å². The van der Waals surface area contributed by atoms with Crippen LogP contribution in [0.4, 0.5) is 5.82 Å². The molecule has 0 bridgehead atoms. The zero-order valence-electron chi connectivity index (χ0n) is 12.0. The maximum absolute atomic E-state index is 11.9. The van der Waals surface area contributed by atoms with Gasteiger partial charge in [-0.15, -0.1) is 0 Å². The summed E-state index contributed by atoms with van der Waals surface area (Å²) in [5.74, 6) is 0.0747. The molecule has 0 aromatic carbocycles. The van der Waals surface area contributed by atoms with Crippen LogP contribution in [0.5, 0.6) is 0 Å². The molecule has 0 saturated carbocycles. The van der Waals surface area contributed by atoms with Crippen LogP contribution < -0.4 is 10.9 Å². The molecule has 0 aliphatic carbocycles. The third kappa shape index (κ3) is 4.42. The fourth-order valence-corrected chi connectivity index (χ4v) is 2.38. The van der Waals surface area contributed by atoms with E-state index in [-0.39, 0.29) is 24.5 Å². The molecule has 0 radical (unpaired) electrons. The van der Waals surface area contributed by atoms with E-state index in [4.69, 9.17) is 4.74 Å². The summed E-state index contributed by atoms with van der Waals surface area (Å²) in [7, 11) is 1.37. The summed E-state index contributed by atoms with van der Waals surface area (Å²) in [6.45, 7) is 0.871. The Kier molecular flexibility index (Phi) is 5.51. The molecule has 1 atom stereocenters. The number of carbonyl (C=O) groups excluding carboxylic acids is 2. The van der Waals surface area contributed by atoms with E-state index in [1.807, 2.05) is 11.0 Å². The predicted molar refractivity (Wildman–Crippen MR) is 77.2 cm³/mol. The van der Waals surface area contributed by atoms with Gasteiger partial charge in [-0.05, 0) is 31.5 Å². The number of aromatic nitrogens is 1. The number of ether oxygens (including phenoxy) is 1. The van der Waals surface area contributed by atoms with Gasteiger partial charge in [0.15, 0.2) is 0 Å². The number of piperidine rings is 1. The molecule has 1 amide bonds. The topological polar surface area (TPSA) is 83.6 Å². The van der Waals surface area contributed by atoms with Crippen LogP contribution >= 0.6 is 0 Å². The van der Waals surface area contributed by atoms with Gasteiger partial charge in [0.25, 0.3) is 5.91 Å². The van der Waals surface area contributed by atoms with E-state index < -0.39 is 0 Å². The Balaban J connectivity index is 1.84. The van der Waals surface area contributed by atoms with Crippen LogP contribution in [-0.2, 0) is 14.3 Å². The Morgan fingerprint density at radius 1 is 1.43 bits per heavy atom. The second-order valence-electron chi connectivity index (χ2n) is 4.89. The highest BCUT2D eigenvalue weighted by Crippen LogP contribution is 2.17. The van der Waals surface area contributed by atoms with Gasteiger partial charge in [-0.1, -0.05) is 12.5 Å². The van der Waals surface area contributed by atoms with Gasteiger partial charge in [0.2, 0.25) is 0 Å². The summed E-state index contributed by atoms with van der Waals surface area (Å²) in [5.41, 5.74) is 5.32. The molecule has 1 aromatic rings. The van der Waals surface area contributed by atoms with Gasteiger partial charge in [0.05, 0.1) is 13.7 Å². The monoisotopic (exact) mass is 292 g/mol. The fourth-order valence-electron chi connectivity index (χ4n) is 2.38. The summed E-state index contributed by atoms with van der Waals surface area (Å²) in [4.78, 5) is 29.6. The van der Waals surface area contributed by atoms with Crippen molar-refractivity contribution in [2.24, 2.45) is 0 Å². The first-order valence-electron chi connectivity index (χ1n) is 6.98. The molecule has 0 spiro atoms. The standard InChI is InChI=1S/C14H20N4O3/c1-21-14(20)11-6-3-5-9-18(11)10-13(19)17-16-12-7-2-4-8-15-12/h2,4,7-8,11H,3,5-6,9-10H2,1H3,(H,15,16)(H,17,19). The molecule has 1 saturated heterocycles. The van der Waals surface area contributed by atoms with Crippen LogP contribution in [0, 0.1) is 0 Å². The molecular weight excluding hydrogens is 272 g/mol. The van der Waals surface area contributed by atoms with Crippen molar-refractivity contribution in [3.63, 3.8) is 0 Å². The maximum atomic E-state index is 11.9. The highest BCUT2D eigenvalue weighted by atomic mass is 16.5. The average Bonchev–Trinajstić information content (AvgIpc) is 2.54. The maximum Gasteiger partial charge on any atom is 0.323 e. The van der Waals surface area contributed by atoms with Crippen LogP contribution in [0.15, 0.2) is 24.4 Å². The van der Waals surface area contributed by atoms with E-state index in [1.165, 1.54) is 7.11 Å². The molecule has 114 valence electrons. The Morgan fingerprint density at radius 3 is 3.00 bits per heavy atom. The number of hydrogen-bond donors (Lipinski definition) is 2. The first-order chi connectivity index (χ1) is 10.2. The lowest BCUT2D eigenvalue weighted by Gasteiger charge is -2.32. The zero-order chi connectivity index (χ0) is 15.1. The van der Waals surface area contributed by atoms with Crippen molar-refractivity contribution < 1.29 is 14.3 Å². The normalized spacial score (nSPS) is 18.8. The van der Waals surface area contributed by atoms with Crippen LogP contribution in [0.25, 0.3) is 0 Å². The van der Waals surface area contributed by atoms with E-state index >= 15 is 0 Å². The number of anilines is 1. The van der Waals surface area contributed by atoms with Crippen molar-refractivity contribution in [2.75, 3.05) is 25.6 Å². The SMILES string of the molecule is COC(=O)C1CCCCN1CC(=O)NNc1ccccn1. The molecule has 7 heteroatoms. The number of likely N-dealkylation sites (tertiary alicyclic amines) is 1. The molecule has 1 unspecified atom stereocenters. The van der Waals surface area contributed by atoms with E-state index in [0.29, 0.717) is 5.82 Å². The van der Waals surface area contributed by atoms with Crippen molar-refractivity contribution in [3.8, 4) is 0 Å². The molecule has 2 rings (SSSR count). The summed E-state index contributed by atoms with van der Waals surface area (Å²) >= 11 is 0. The number of esters is 1. The summed E-state index contributed by atoms with van der Waals surface area (Å²) in [5, 5.41) is 0. The van der Waals surface area contributed by atoms with Crippen molar-refractivity contribution >= 4 is 17.7 Å². The first kappa shape index (κ1) is 15.2. The minimum atomic E-state index is -0.329. The van der Waals surface area contributed by atoms with Crippen molar-refractivity contribution in [2.45, 2.75) is 25.3 Å². The van der Waals surface area contributed by atoms with E-state index in [2.05, 4.69) is 15.8 Å². The summed E-state index contributed by atoms with van der Waals surface area (Å²) in [6, 6.07) is 5.03. The van der Waals surface area contributed by atoms with Gasteiger partial charge in [-0.25, -0.2) is 4.98 Å². The molecule has 2 N–H and O–H groups in total. The Hall–Kier alpha value is -2.15.